The van der Waals surface area contributed by atoms with E-state index in [4.69, 9.17) is 5.14 Å². The molecule has 0 radical (unpaired) electrons. The molecule has 88 valence electrons. The average Bonchev–Trinajstić information content (AvgIpc) is 2.12. The first-order chi connectivity index (χ1) is 6.97. The van der Waals surface area contributed by atoms with Gasteiger partial charge in [-0.2, -0.15) is 0 Å². The maximum atomic E-state index is 11.1. The number of nitrogens with zero attached hydrogens (tertiary/aromatic N) is 2. The molecule has 2 heterocycles. The summed E-state index contributed by atoms with van der Waals surface area (Å²) in [6.07, 6.45) is 1.39. The SMILES string of the molecule is CN1CC(N2CCC(S(N)(=O)=O)CC2)C1. The summed E-state index contributed by atoms with van der Waals surface area (Å²) in [6, 6.07) is 0.636. The zero-order valence-corrected chi connectivity index (χ0v) is 9.91. The largest absolute Gasteiger partial charge is 0.303 e. The molecule has 2 N–H and O–H groups in total. The summed E-state index contributed by atoms with van der Waals surface area (Å²) in [5, 5.41) is 4.83. The molecular weight excluding hydrogens is 214 g/mol. The second-order valence-electron chi connectivity index (χ2n) is 4.70. The Labute approximate surface area is 91.3 Å². The number of piperidine rings is 1. The van der Waals surface area contributed by atoms with Gasteiger partial charge in [-0.05, 0) is 33.0 Å². The third-order valence-electron chi connectivity index (χ3n) is 3.50. The fourth-order valence-electron chi connectivity index (χ4n) is 2.47. The van der Waals surface area contributed by atoms with Crippen molar-refractivity contribution in [1.82, 2.24) is 9.80 Å². The molecule has 5 nitrogen and oxygen atoms in total. The maximum absolute atomic E-state index is 11.1. The summed E-state index contributed by atoms with van der Waals surface area (Å²) in [7, 11) is -1.21. The first kappa shape index (κ1) is 11.3. The summed E-state index contributed by atoms with van der Waals surface area (Å²) in [5.41, 5.74) is 0. The molecule has 0 atom stereocenters. The minimum Gasteiger partial charge on any atom is -0.303 e. The molecule has 2 fully saturated rings. The smallest absolute Gasteiger partial charge is 0.212 e. The van der Waals surface area contributed by atoms with Gasteiger partial charge in [-0.15, -0.1) is 0 Å². The molecule has 2 aliphatic rings. The highest BCUT2D eigenvalue weighted by Gasteiger charge is 2.34. The Morgan fingerprint density at radius 3 is 2.13 bits per heavy atom. The number of likely N-dealkylation sites (N-methyl/N-ethyl adjacent to an activating group) is 1. The van der Waals surface area contributed by atoms with Gasteiger partial charge in [0, 0.05) is 19.1 Å². The molecule has 0 aliphatic carbocycles. The Kier molecular flexibility index (Phi) is 3.03. The zero-order chi connectivity index (χ0) is 11.1. The van der Waals surface area contributed by atoms with Gasteiger partial charge in [0.1, 0.15) is 0 Å². The summed E-state index contributed by atoms with van der Waals surface area (Å²) >= 11 is 0. The van der Waals surface area contributed by atoms with E-state index in [9.17, 15) is 8.42 Å². The van der Waals surface area contributed by atoms with E-state index in [-0.39, 0.29) is 5.25 Å². The molecule has 0 unspecified atom stereocenters. The lowest BCUT2D eigenvalue weighted by Gasteiger charge is -2.46. The van der Waals surface area contributed by atoms with Crippen molar-refractivity contribution in [2.45, 2.75) is 24.1 Å². The van der Waals surface area contributed by atoms with Gasteiger partial charge in [0.15, 0.2) is 0 Å². The number of nitrogens with two attached hydrogens (primary N) is 1. The van der Waals surface area contributed by atoms with Crippen LogP contribution in [0.1, 0.15) is 12.8 Å². The van der Waals surface area contributed by atoms with Gasteiger partial charge in [-0.1, -0.05) is 0 Å². The number of hydrogen-bond donors (Lipinski definition) is 1. The molecule has 2 aliphatic heterocycles. The summed E-state index contributed by atoms with van der Waals surface area (Å²) in [5.74, 6) is 0. The molecular formula is C9H19N3O2S. The molecule has 6 heteroatoms. The highest BCUT2D eigenvalue weighted by atomic mass is 32.2. The Morgan fingerprint density at radius 1 is 1.20 bits per heavy atom. The van der Waals surface area contributed by atoms with Crippen molar-refractivity contribution in [1.29, 1.82) is 0 Å². The molecule has 2 rings (SSSR count). The minimum atomic E-state index is -3.31. The normalized spacial score (nSPS) is 27.9. The second-order valence-corrected chi connectivity index (χ2v) is 6.54. The topological polar surface area (TPSA) is 66.6 Å². The predicted octanol–water partition coefficient (Wildman–Crippen LogP) is -0.947. The number of primary sulfonamides is 1. The van der Waals surface area contributed by atoms with Crippen LogP contribution in [0.15, 0.2) is 0 Å². The standard InChI is InChI=1S/C9H19N3O2S/c1-11-6-8(7-11)12-4-2-9(3-5-12)15(10,13)14/h8-9H,2-7H2,1H3,(H2,10,13,14). The van der Waals surface area contributed by atoms with E-state index >= 15 is 0 Å². The van der Waals surface area contributed by atoms with E-state index < -0.39 is 10.0 Å². The van der Waals surface area contributed by atoms with Crippen molar-refractivity contribution in [3.05, 3.63) is 0 Å². The summed E-state index contributed by atoms with van der Waals surface area (Å²) < 4.78 is 22.3. The highest BCUT2D eigenvalue weighted by molar-refractivity contribution is 7.89. The van der Waals surface area contributed by atoms with Crippen LogP contribution < -0.4 is 5.14 Å². The van der Waals surface area contributed by atoms with E-state index in [1.165, 1.54) is 0 Å². The van der Waals surface area contributed by atoms with Gasteiger partial charge < -0.3 is 4.90 Å². The van der Waals surface area contributed by atoms with Gasteiger partial charge in [0.25, 0.3) is 0 Å². The van der Waals surface area contributed by atoms with Gasteiger partial charge >= 0.3 is 0 Å². The van der Waals surface area contributed by atoms with Crippen molar-refractivity contribution >= 4 is 10.0 Å². The van der Waals surface area contributed by atoms with Crippen LogP contribution in [0.2, 0.25) is 0 Å². The summed E-state index contributed by atoms with van der Waals surface area (Å²) in [4.78, 5) is 4.66. The Bertz CT molecular complexity index is 316. The van der Waals surface area contributed by atoms with Gasteiger partial charge in [0.2, 0.25) is 10.0 Å². The van der Waals surface area contributed by atoms with Crippen LogP contribution in [0.3, 0.4) is 0 Å². The van der Waals surface area contributed by atoms with Gasteiger partial charge in [-0.3, -0.25) is 4.90 Å². The minimum absolute atomic E-state index is 0.313. The van der Waals surface area contributed by atoms with E-state index in [0.717, 1.165) is 26.2 Å². The fourth-order valence-corrected chi connectivity index (χ4v) is 3.33. The monoisotopic (exact) mass is 233 g/mol. The molecule has 15 heavy (non-hydrogen) atoms. The van der Waals surface area contributed by atoms with Crippen LogP contribution in [0.25, 0.3) is 0 Å². The lowest BCUT2D eigenvalue weighted by Crippen LogP contribution is -2.60. The quantitative estimate of drug-likeness (QED) is 0.668. The first-order valence-electron chi connectivity index (χ1n) is 5.41. The Hall–Kier alpha value is -0.170. The molecule has 0 aromatic carbocycles. The third kappa shape index (κ3) is 2.50. The van der Waals surface area contributed by atoms with Crippen molar-refractivity contribution in [3.63, 3.8) is 0 Å². The van der Waals surface area contributed by atoms with E-state index in [2.05, 4.69) is 16.8 Å². The van der Waals surface area contributed by atoms with E-state index in [0.29, 0.717) is 18.9 Å². The molecule has 0 saturated carbocycles. The van der Waals surface area contributed by atoms with Crippen molar-refractivity contribution in [2.75, 3.05) is 33.2 Å². The molecule has 2 saturated heterocycles. The fraction of sp³-hybridized carbons (Fsp3) is 1.00. The molecule has 0 aromatic heterocycles. The number of hydrogen-bond acceptors (Lipinski definition) is 4. The molecule has 0 spiro atoms. The van der Waals surface area contributed by atoms with Crippen LogP contribution in [0.5, 0.6) is 0 Å². The van der Waals surface area contributed by atoms with Crippen LogP contribution in [0, 0.1) is 0 Å². The zero-order valence-electron chi connectivity index (χ0n) is 9.09. The number of rotatable bonds is 2. The Morgan fingerprint density at radius 2 is 1.73 bits per heavy atom. The van der Waals surface area contributed by atoms with Crippen LogP contribution in [-0.4, -0.2) is 62.7 Å². The third-order valence-corrected chi connectivity index (χ3v) is 4.90. The highest BCUT2D eigenvalue weighted by Crippen LogP contribution is 2.21. The van der Waals surface area contributed by atoms with E-state index in [1.54, 1.807) is 0 Å². The summed E-state index contributed by atoms with van der Waals surface area (Å²) in [6.45, 7) is 3.97. The van der Waals surface area contributed by atoms with E-state index in [1.807, 2.05) is 0 Å². The van der Waals surface area contributed by atoms with Crippen molar-refractivity contribution in [3.8, 4) is 0 Å². The van der Waals surface area contributed by atoms with Crippen LogP contribution in [0.4, 0.5) is 0 Å². The first-order valence-corrected chi connectivity index (χ1v) is 7.02. The lowest BCUT2D eigenvalue weighted by atomic mass is 10.0. The number of likely N-dealkylation sites (tertiary alicyclic amines) is 2. The van der Waals surface area contributed by atoms with Crippen LogP contribution in [-0.2, 0) is 10.0 Å². The number of sulfonamides is 1. The molecule has 0 aromatic rings. The maximum Gasteiger partial charge on any atom is 0.212 e. The van der Waals surface area contributed by atoms with Gasteiger partial charge in [-0.25, -0.2) is 13.6 Å². The van der Waals surface area contributed by atoms with Gasteiger partial charge in [0.05, 0.1) is 5.25 Å². The average molecular weight is 233 g/mol. The lowest BCUT2D eigenvalue weighted by molar-refractivity contribution is 0.0407. The van der Waals surface area contributed by atoms with Crippen LogP contribution >= 0.6 is 0 Å². The predicted molar refractivity (Wildman–Crippen MR) is 59.0 cm³/mol. The van der Waals surface area contributed by atoms with Crippen molar-refractivity contribution < 1.29 is 8.42 Å². The Balaban J connectivity index is 1.82. The molecule has 0 bridgehead atoms. The van der Waals surface area contributed by atoms with Crippen molar-refractivity contribution in [2.24, 2.45) is 5.14 Å². The second kappa shape index (κ2) is 4.01. The molecule has 0 amide bonds.